The van der Waals surface area contributed by atoms with Gasteiger partial charge in [0.05, 0.1) is 44.4 Å². The number of fused-ring (bicyclic) bond motifs is 1. The first-order valence-corrected chi connectivity index (χ1v) is 21.4. The normalized spacial score (nSPS) is 17.6. The van der Waals surface area contributed by atoms with E-state index in [4.69, 9.17) is 24.7 Å². The van der Waals surface area contributed by atoms with E-state index in [2.05, 4.69) is 58.0 Å². The minimum atomic E-state index is -0.572. The van der Waals surface area contributed by atoms with Crippen LogP contribution in [0.3, 0.4) is 0 Å². The predicted octanol–water partition coefficient (Wildman–Crippen LogP) is 8.64. The number of benzene rings is 5. The fraction of sp³-hybridized carbons (Fsp3) is 0.360. The maximum absolute atomic E-state index is 12.8. The van der Waals surface area contributed by atoms with Crippen molar-refractivity contribution in [3.05, 3.63) is 143 Å². The second kappa shape index (κ2) is 21.2. The molecule has 3 atom stereocenters. The molecule has 11 heteroatoms. The number of rotatable bonds is 18. The third kappa shape index (κ3) is 11.6. The maximum atomic E-state index is 12.8. The van der Waals surface area contributed by atoms with Crippen LogP contribution in [0, 0.1) is 0 Å². The van der Waals surface area contributed by atoms with Gasteiger partial charge in [-0.05, 0) is 82.5 Å². The van der Waals surface area contributed by atoms with Crippen LogP contribution in [0.4, 0.5) is 11.4 Å². The number of methoxy groups -OCH3 is 2. The molecule has 2 aliphatic rings. The molecule has 0 saturated carbocycles. The number of hydrogen-bond acceptors (Lipinski definition) is 9. The quantitative estimate of drug-likeness (QED) is 0.0504. The molecule has 5 aromatic rings. The number of para-hydroxylation sites is 2. The molecule has 0 aliphatic carbocycles. The molecular weight excluding hydrogens is 769 g/mol. The molecule has 0 radical (unpaired) electrons. The van der Waals surface area contributed by atoms with Crippen molar-refractivity contribution >= 4 is 23.2 Å². The lowest BCUT2D eigenvalue weighted by molar-refractivity contribution is -0.253. The van der Waals surface area contributed by atoms with E-state index in [0.29, 0.717) is 37.2 Å². The van der Waals surface area contributed by atoms with Gasteiger partial charge in [0.25, 0.3) is 0 Å². The van der Waals surface area contributed by atoms with Gasteiger partial charge in [0.15, 0.2) is 17.8 Å². The van der Waals surface area contributed by atoms with Gasteiger partial charge in [0.2, 0.25) is 11.8 Å². The number of aliphatic hydroxyl groups is 1. The topological polar surface area (TPSA) is 145 Å². The summed E-state index contributed by atoms with van der Waals surface area (Å²) in [5, 5.41) is 15.6. The van der Waals surface area contributed by atoms with E-state index in [9.17, 15) is 14.7 Å². The first-order chi connectivity index (χ1) is 29.8. The average molecular weight is 827 g/mol. The minimum absolute atomic E-state index is 0.00788. The van der Waals surface area contributed by atoms with Crippen LogP contribution < -0.4 is 25.8 Å². The number of nitrogen functional groups attached to an aromatic ring is 1. The fourth-order valence-electron chi connectivity index (χ4n) is 8.22. The number of carbonyl (C=O) groups is 2. The Balaban J connectivity index is 0.940. The van der Waals surface area contributed by atoms with Gasteiger partial charge in [0.1, 0.15) is 0 Å². The van der Waals surface area contributed by atoms with E-state index in [1.54, 1.807) is 26.4 Å². The van der Waals surface area contributed by atoms with Gasteiger partial charge >= 0.3 is 0 Å². The van der Waals surface area contributed by atoms with Crippen LogP contribution in [0.5, 0.6) is 11.5 Å². The molecule has 5 aromatic carbocycles. The molecule has 320 valence electrons. The van der Waals surface area contributed by atoms with Gasteiger partial charge in [-0.3, -0.25) is 14.5 Å². The molecule has 5 N–H and O–H groups in total. The van der Waals surface area contributed by atoms with Crippen molar-refractivity contribution in [1.82, 2.24) is 10.2 Å². The van der Waals surface area contributed by atoms with E-state index >= 15 is 0 Å². The lowest BCUT2D eigenvalue weighted by Crippen LogP contribution is -2.41. The molecule has 2 heterocycles. The molecule has 61 heavy (non-hydrogen) atoms. The molecule has 0 bridgehead atoms. The number of anilines is 2. The molecule has 0 aromatic heterocycles. The number of unbranched alkanes of at least 4 members (excludes halogenated alkanes) is 3. The summed E-state index contributed by atoms with van der Waals surface area (Å²) in [4.78, 5) is 27.6. The number of aliphatic hydroxyl groups excluding tert-OH is 1. The third-order valence-corrected chi connectivity index (χ3v) is 11.7. The summed E-state index contributed by atoms with van der Waals surface area (Å²) in [5.74, 6) is 1.45. The molecule has 1 saturated heterocycles. The van der Waals surface area contributed by atoms with Gasteiger partial charge in [-0.15, -0.1) is 0 Å². The molecular formula is C50H58N4O7. The van der Waals surface area contributed by atoms with Crippen molar-refractivity contribution in [3.8, 4) is 22.6 Å². The third-order valence-electron chi connectivity index (χ3n) is 11.7. The van der Waals surface area contributed by atoms with Gasteiger partial charge < -0.3 is 40.4 Å². The van der Waals surface area contributed by atoms with Crippen molar-refractivity contribution < 1.29 is 33.6 Å². The van der Waals surface area contributed by atoms with E-state index in [0.717, 1.165) is 96.6 Å². The van der Waals surface area contributed by atoms with Crippen molar-refractivity contribution in [1.29, 1.82) is 0 Å². The van der Waals surface area contributed by atoms with Crippen molar-refractivity contribution in [2.75, 3.05) is 38.4 Å². The van der Waals surface area contributed by atoms with Gasteiger partial charge in [-0.25, -0.2) is 0 Å². The summed E-state index contributed by atoms with van der Waals surface area (Å²) in [6, 6.07) is 35.9. The standard InChI is InChI=1S/C50H58N4O7/c1-58-46-27-38-25-26-54(31-40(38)28-47(46)59-2)32-41-29-45(36-19-17-34(33-55)18-20-36)61-50(60-41)37-23-21-35(22-24-37)42-12-8-7-11-39(42)30-52-48(56)15-5-3-4-6-16-49(57)53-44-14-10-9-13-43(44)51/h7-14,17-24,27-28,41,45,50,55H,3-6,15-16,25-26,29-33,51H2,1-2H3,(H,52,56)(H,53,57)/t41-,45+,50+/m0/s1. The van der Waals surface area contributed by atoms with Crippen LogP contribution in [0.1, 0.15) is 90.7 Å². The van der Waals surface area contributed by atoms with Crippen LogP contribution in [0.25, 0.3) is 11.1 Å². The summed E-state index contributed by atoms with van der Waals surface area (Å²) < 4.78 is 24.6. The van der Waals surface area contributed by atoms with Gasteiger partial charge in [0, 0.05) is 51.0 Å². The summed E-state index contributed by atoms with van der Waals surface area (Å²) >= 11 is 0. The van der Waals surface area contributed by atoms with Crippen molar-refractivity contribution in [3.63, 3.8) is 0 Å². The Morgan fingerprint density at radius 2 is 1.46 bits per heavy atom. The number of hydrogen-bond donors (Lipinski definition) is 4. The second-order valence-corrected chi connectivity index (χ2v) is 15.9. The van der Waals surface area contributed by atoms with Gasteiger partial charge in [-0.1, -0.05) is 97.8 Å². The lowest BCUT2D eigenvalue weighted by Gasteiger charge is -2.39. The summed E-state index contributed by atoms with van der Waals surface area (Å²) in [6.07, 6.45) is 4.90. The number of ether oxygens (including phenoxy) is 4. The highest BCUT2D eigenvalue weighted by Crippen LogP contribution is 2.40. The smallest absolute Gasteiger partial charge is 0.224 e. The zero-order valence-corrected chi connectivity index (χ0v) is 35.2. The van der Waals surface area contributed by atoms with Gasteiger partial charge in [-0.2, -0.15) is 0 Å². The maximum Gasteiger partial charge on any atom is 0.224 e. The largest absolute Gasteiger partial charge is 0.493 e. The Labute approximate surface area is 359 Å². The minimum Gasteiger partial charge on any atom is -0.493 e. The number of carbonyl (C=O) groups excluding carboxylic acids is 2. The van der Waals surface area contributed by atoms with E-state index in [-0.39, 0.29) is 30.6 Å². The zero-order valence-electron chi connectivity index (χ0n) is 35.2. The highest BCUT2D eigenvalue weighted by Gasteiger charge is 2.34. The van der Waals surface area contributed by atoms with Crippen LogP contribution in [0.15, 0.2) is 109 Å². The number of amides is 2. The van der Waals surface area contributed by atoms with Crippen molar-refractivity contribution in [2.45, 2.75) is 89.6 Å². The highest BCUT2D eigenvalue weighted by molar-refractivity contribution is 5.93. The van der Waals surface area contributed by atoms with E-state index in [1.807, 2.05) is 54.6 Å². The summed E-state index contributed by atoms with van der Waals surface area (Å²) in [5.41, 5.74) is 15.6. The van der Waals surface area contributed by atoms with Crippen LogP contribution in [0.2, 0.25) is 0 Å². The zero-order chi connectivity index (χ0) is 42.6. The first-order valence-electron chi connectivity index (χ1n) is 21.4. The second-order valence-electron chi connectivity index (χ2n) is 15.9. The monoisotopic (exact) mass is 826 g/mol. The highest BCUT2D eigenvalue weighted by atomic mass is 16.7. The predicted molar refractivity (Wildman–Crippen MR) is 238 cm³/mol. The number of nitrogens with one attached hydrogen (secondary N) is 2. The Morgan fingerprint density at radius 1 is 0.787 bits per heavy atom. The number of nitrogens with zero attached hydrogens (tertiary/aromatic N) is 1. The molecule has 11 nitrogen and oxygen atoms in total. The van der Waals surface area contributed by atoms with Crippen molar-refractivity contribution in [2.24, 2.45) is 0 Å². The molecule has 2 aliphatic heterocycles. The number of nitrogens with two attached hydrogens (primary N) is 1. The lowest BCUT2D eigenvalue weighted by atomic mass is 9.96. The molecule has 0 spiro atoms. The van der Waals surface area contributed by atoms with Crippen LogP contribution in [-0.2, 0) is 45.2 Å². The van der Waals surface area contributed by atoms with Crippen LogP contribution in [-0.4, -0.2) is 55.2 Å². The van der Waals surface area contributed by atoms with E-state index in [1.165, 1.54) is 11.1 Å². The Morgan fingerprint density at radius 3 is 2.18 bits per heavy atom. The summed E-state index contributed by atoms with van der Waals surface area (Å²) in [6.45, 7) is 2.87. The van der Waals surface area contributed by atoms with Crippen LogP contribution >= 0.6 is 0 Å². The molecule has 1 fully saturated rings. The Hall–Kier alpha value is -5.72. The summed E-state index contributed by atoms with van der Waals surface area (Å²) in [7, 11) is 3.34. The SMILES string of the molecule is COc1cc2c(cc1OC)CN(C[C@@H]1C[C@H](c3ccc(CO)cc3)O[C@H](c3ccc(-c4ccccc4CNC(=O)CCCCCCC(=O)Nc4ccccc4N)cc3)O1)CC2. The Kier molecular flexibility index (Phi) is 15.1. The van der Waals surface area contributed by atoms with E-state index < -0.39 is 6.29 Å². The first kappa shape index (κ1) is 43.4. The fourth-order valence-corrected chi connectivity index (χ4v) is 8.22. The molecule has 7 rings (SSSR count). The Bertz CT molecular complexity index is 2230. The molecule has 2 amide bonds. The average Bonchev–Trinajstić information content (AvgIpc) is 3.29. The molecule has 0 unspecified atom stereocenters.